The van der Waals surface area contributed by atoms with Gasteiger partial charge in [0, 0.05) is 12.1 Å². The fourth-order valence-corrected chi connectivity index (χ4v) is 1.87. The number of non-ortho nitro benzene ring substituents is 1. The zero-order valence-electron chi connectivity index (χ0n) is 11.7. The van der Waals surface area contributed by atoms with Gasteiger partial charge in [0.25, 0.3) is 5.69 Å². The second-order valence-corrected chi connectivity index (χ2v) is 5.57. The topological polar surface area (TPSA) is 69.4 Å². The summed E-state index contributed by atoms with van der Waals surface area (Å²) < 4.78 is 4.83. The number of nitrogens with zero attached hydrogens (tertiary/aromatic N) is 1. The SMILES string of the molecule is COC(=O)C(Cc1ccc([N+](=O)[O-])cc1)C(C)(C)C. The van der Waals surface area contributed by atoms with Gasteiger partial charge in [-0.05, 0) is 17.4 Å². The van der Waals surface area contributed by atoms with E-state index in [1.54, 1.807) is 12.1 Å². The van der Waals surface area contributed by atoms with Gasteiger partial charge in [0.15, 0.2) is 0 Å². The molecule has 0 saturated heterocycles. The molecule has 1 unspecified atom stereocenters. The summed E-state index contributed by atoms with van der Waals surface area (Å²) in [5.74, 6) is -0.537. The number of esters is 1. The van der Waals surface area contributed by atoms with Gasteiger partial charge in [0.05, 0.1) is 18.0 Å². The van der Waals surface area contributed by atoms with Crippen LogP contribution >= 0.6 is 0 Å². The number of benzene rings is 1. The predicted molar refractivity (Wildman–Crippen MR) is 71.8 cm³/mol. The molecule has 0 aromatic heterocycles. The summed E-state index contributed by atoms with van der Waals surface area (Å²) in [6.07, 6.45) is 0.508. The van der Waals surface area contributed by atoms with E-state index in [-0.39, 0.29) is 23.0 Å². The Morgan fingerprint density at radius 2 is 1.84 bits per heavy atom. The highest BCUT2D eigenvalue weighted by Crippen LogP contribution is 2.30. The number of carbonyl (C=O) groups excluding carboxylic acids is 1. The van der Waals surface area contributed by atoms with Crippen LogP contribution in [0.25, 0.3) is 0 Å². The normalized spacial score (nSPS) is 12.8. The molecule has 0 aliphatic rings. The van der Waals surface area contributed by atoms with Crippen LogP contribution in [0.5, 0.6) is 0 Å². The average molecular weight is 265 g/mol. The standard InChI is InChI=1S/C14H19NO4/c1-14(2,3)12(13(16)19-4)9-10-5-7-11(8-6-10)15(17)18/h5-8,12H,9H2,1-4H3. The lowest BCUT2D eigenvalue weighted by Gasteiger charge is -2.28. The van der Waals surface area contributed by atoms with E-state index in [0.717, 1.165) is 5.56 Å². The molecule has 1 rings (SSSR count). The van der Waals surface area contributed by atoms with Crippen molar-refractivity contribution in [3.05, 3.63) is 39.9 Å². The molecule has 1 aromatic carbocycles. The fraction of sp³-hybridized carbons (Fsp3) is 0.500. The van der Waals surface area contributed by atoms with Crippen LogP contribution in [0.15, 0.2) is 24.3 Å². The van der Waals surface area contributed by atoms with E-state index in [0.29, 0.717) is 6.42 Å². The summed E-state index contributed by atoms with van der Waals surface area (Å²) >= 11 is 0. The second kappa shape index (κ2) is 5.82. The maximum atomic E-state index is 11.8. The van der Waals surface area contributed by atoms with Gasteiger partial charge in [-0.3, -0.25) is 14.9 Å². The summed E-state index contributed by atoms with van der Waals surface area (Å²) in [6, 6.07) is 6.26. The van der Waals surface area contributed by atoms with Crippen molar-refractivity contribution in [3.8, 4) is 0 Å². The van der Waals surface area contributed by atoms with Gasteiger partial charge in [0.2, 0.25) is 0 Å². The van der Waals surface area contributed by atoms with Crippen LogP contribution in [0.1, 0.15) is 26.3 Å². The Hall–Kier alpha value is -1.91. The molecular weight excluding hydrogens is 246 g/mol. The molecule has 0 bridgehead atoms. The third-order valence-electron chi connectivity index (χ3n) is 3.12. The van der Waals surface area contributed by atoms with E-state index in [1.807, 2.05) is 20.8 Å². The Bertz CT molecular complexity index is 459. The van der Waals surface area contributed by atoms with E-state index < -0.39 is 4.92 Å². The number of hydrogen-bond donors (Lipinski definition) is 0. The largest absolute Gasteiger partial charge is 0.469 e. The van der Waals surface area contributed by atoms with Gasteiger partial charge in [-0.2, -0.15) is 0 Å². The summed E-state index contributed by atoms with van der Waals surface area (Å²) in [6.45, 7) is 5.92. The number of methoxy groups -OCH3 is 1. The van der Waals surface area contributed by atoms with E-state index >= 15 is 0 Å². The summed E-state index contributed by atoms with van der Waals surface area (Å²) in [5, 5.41) is 10.6. The number of nitro groups is 1. The number of carbonyl (C=O) groups is 1. The molecule has 1 atom stereocenters. The minimum absolute atomic E-state index is 0.0501. The highest BCUT2D eigenvalue weighted by atomic mass is 16.6. The highest BCUT2D eigenvalue weighted by Gasteiger charge is 2.32. The molecule has 0 spiro atoms. The molecular formula is C14H19NO4. The molecule has 0 radical (unpaired) electrons. The molecule has 0 aliphatic carbocycles. The van der Waals surface area contributed by atoms with Crippen LogP contribution in [0, 0.1) is 21.4 Å². The first kappa shape index (κ1) is 15.1. The van der Waals surface area contributed by atoms with E-state index in [1.165, 1.54) is 19.2 Å². The lowest BCUT2D eigenvalue weighted by atomic mass is 9.77. The second-order valence-electron chi connectivity index (χ2n) is 5.57. The van der Waals surface area contributed by atoms with Crippen LogP contribution < -0.4 is 0 Å². The third-order valence-corrected chi connectivity index (χ3v) is 3.12. The van der Waals surface area contributed by atoms with Gasteiger partial charge in [-0.1, -0.05) is 32.9 Å². The van der Waals surface area contributed by atoms with Crippen LogP contribution in [-0.4, -0.2) is 18.0 Å². The Morgan fingerprint density at radius 3 is 2.21 bits per heavy atom. The Balaban J connectivity index is 2.91. The first-order valence-electron chi connectivity index (χ1n) is 6.07. The molecule has 5 nitrogen and oxygen atoms in total. The van der Waals surface area contributed by atoms with E-state index in [9.17, 15) is 14.9 Å². The van der Waals surface area contributed by atoms with Crippen molar-refractivity contribution in [2.75, 3.05) is 7.11 Å². The van der Waals surface area contributed by atoms with Gasteiger partial charge in [-0.25, -0.2) is 0 Å². The zero-order chi connectivity index (χ0) is 14.6. The van der Waals surface area contributed by atoms with E-state index in [4.69, 9.17) is 4.74 Å². The number of ether oxygens (including phenoxy) is 1. The molecule has 5 heteroatoms. The summed E-state index contributed by atoms with van der Waals surface area (Å²) in [4.78, 5) is 21.9. The predicted octanol–water partition coefficient (Wildman–Crippen LogP) is 2.97. The Labute approximate surface area is 112 Å². The first-order valence-corrected chi connectivity index (χ1v) is 6.07. The quantitative estimate of drug-likeness (QED) is 0.476. The molecule has 0 amide bonds. The monoisotopic (exact) mass is 265 g/mol. The van der Waals surface area contributed by atoms with Crippen LogP contribution in [0.3, 0.4) is 0 Å². The van der Waals surface area contributed by atoms with Gasteiger partial charge < -0.3 is 4.74 Å². The van der Waals surface area contributed by atoms with Gasteiger partial charge in [-0.15, -0.1) is 0 Å². The Kier molecular flexibility index (Phi) is 4.64. The minimum atomic E-state index is -0.439. The third kappa shape index (κ3) is 4.05. The highest BCUT2D eigenvalue weighted by molar-refractivity contribution is 5.73. The van der Waals surface area contributed by atoms with Crippen molar-refractivity contribution in [2.24, 2.45) is 11.3 Å². The van der Waals surface area contributed by atoms with Gasteiger partial charge >= 0.3 is 5.97 Å². The molecule has 0 fully saturated rings. The lowest BCUT2D eigenvalue weighted by molar-refractivity contribution is -0.384. The van der Waals surface area contributed by atoms with Crippen molar-refractivity contribution in [1.29, 1.82) is 0 Å². The van der Waals surface area contributed by atoms with Crippen molar-refractivity contribution in [1.82, 2.24) is 0 Å². The Morgan fingerprint density at radius 1 is 1.32 bits per heavy atom. The fourth-order valence-electron chi connectivity index (χ4n) is 1.87. The van der Waals surface area contributed by atoms with Crippen LogP contribution in [0.4, 0.5) is 5.69 Å². The zero-order valence-corrected chi connectivity index (χ0v) is 11.7. The maximum absolute atomic E-state index is 11.8. The lowest BCUT2D eigenvalue weighted by Crippen LogP contribution is -2.31. The molecule has 0 heterocycles. The number of rotatable bonds is 4. The van der Waals surface area contributed by atoms with Crippen molar-refractivity contribution in [2.45, 2.75) is 27.2 Å². The van der Waals surface area contributed by atoms with Crippen LogP contribution in [0.2, 0.25) is 0 Å². The molecule has 0 saturated carbocycles. The molecule has 0 aliphatic heterocycles. The number of hydrogen-bond acceptors (Lipinski definition) is 4. The molecule has 1 aromatic rings. The smallest absolute Gasteiger partial charge is 0.309 e. The molecule has 19 heavy (non-hydrogen) atoms. The molecule has 104 valence electrons. The minimum Gasteiger partial charge on any atom is -0.469 e. The van der Waals surface area contributed by atoms with E-state index in [2.05, 4.69) is 0 Å². The van der Waals surface area contributed by atoms with Gasteiger partial charge in [0.1, 0.15) is 0 Å². The summed E-state index contributed by atoms with van der Waals surface area (Å²) in [7, 11) is 1.37. The molecule has 0 N–H and O–H groups in total. The number of nitro benzene ring substituents is 1. The maximum Gasteiger partial charge on any atom is 0.309 e. The van der Waals surface area contributed by atoms with Crippen molar-refractivity contribution in [3.63, 3.8) is 0 Å². The van der Waals surface area contributed by atoms with Crippen molar-refractivity contribution < 1.29 is 14.5 Å². The first-order chi connectivity index (χ1) is 8.75. The average Bonchev–Trinajstić information content (AvgIpc) is 2.34. The van der Waals surface area contributed by atoms with Crippen molar-refractivity contribution >= 4 is 11.7 Å². The summed E-state index contributed by atoms with van der Waals surface area (Å²) in [5.41, 5.74) is 0.708. The van der Waals surface area contributed by atoms with Crippen LogP contribution in [-0.2, 0) is 16.0 Å².